The van der Waals surface area contributed by atoms with E-state index in [0.717, 1.165) is 18.4 Å². The summed E-state index contributed by atoms with van der Waals surface area (Å²) in [5.41, 5.74) is 4.28. The maximum atomic E-state index is 12.0. The molecule has 0 bridgehead atoms. The average molecular weight is 459 g/mol. The number of hydrogen-bond acceptors (Lipinski definition) is 4. The second-order valence-electron chi connectivity index (χ2n) is 8.37. The van der Waals surface area contributed by atoms with E-state index < -0.39 is 0 Å². The summed E-state index contributed by atoms with van der Waals surface area (Å²) in [6.45, 7) is 8.78. The number of carbonyl (C=O) groups is 4. The lowest BCUT2D eigenvalue weighted by atomic mass is 10.1. The van der Waals surface area contributed by atoms with Gasteiger partial charge in [-0.2, -0.15) is 0 Å². The Bertz CT molecular complexity index is 1120. The second-order valence-corrected chi connectivity index (χ2v) is 8.37. The zero-order chi connectivity index (χ0) is 24.8. The van der Waals surface area contributed by atoms with E-state index >= 15 is 0 Å². The standard InChI is InChI=1S/2C14H15NO2/c1-3-10(2)8-9-15-13(16)11-6-4-5-7-12(11)14(15)17;1-3-6-10(2)9-15-13(16)11-7-4-5-8-12(11)14(15)17/h2*4-8H,3,9H2,1-2H3/b10-8-;10-6-. The summed E-state index contributed by atoms with van der Waals surface area (Å²) in [7, 11) is 0. The molecule has 0 atom stereocenters. The summed E-state index contributed by atoms with van der Waals surface area (Å²) in [4.78, 5) is 50.6. The highest BCUT2D eigenvalue weighted by Crippen LogP contribution is 2.23. The molecule has 2 aliphatic heterocycles. The van der Waals surface area contributed by atoms with Crippen molar-refractivity contribution in [2.45, 2.75) is 40.5 Å². The number of hydrogen-bond donors (Lipinski definition) is 0. The molecule has 0 aliphatic carbocycles. The van der Waals surface area contributed by atoms with Crippen molar-refractivity contribution in [3.05, 3.63) is 94.1 Å². The summed E-state index contributed by atoms with van der Waals surface area (Å²) in [6, 6.07) is 13.9. The number of fused-ring (bicyclic) bond motifs is 2. The molecule has 0 unspecified atom stereocenters. The van der Waals surface area contributed by atoms with Crippen molar-refractivity contribution < 1.29 is 19.2 Å². The van der Waals surface area contributed by atoms with Gasteiger partial charge in [0.2, 0.25) is 0 Å². The van der Waals surface area contributed by atoms with Crippen LogP contribution in [0.5, 0.6) is 0 Å². The molecule has 2 aromatic carbocycles. The molecule has 6 nitrogen and oxygen atoms in total. The quantitative estimate of drug-likeness (QED) is 0.436. The lowest BCUT2D eigenvalue weighted by Crippen LogP contribution is -2.31. The van der Waals surface area contributed by atoms with Crippen LogP contribution in [0.25, 0.3) is 0 Å². The molecule has 0 fully saturated rings. The highest BCUT2D eigenvalue weighted by atomic mass is 16.2. The van der Waals surface area contributed by atoms with Crippen molar-refractivity contribution in [3.8, 4) is 0 Å². The normalized spacial score (nSPS) is 15.4. The van der Waals surface area contributed by atoms with Gasteiger partial charge in [0.25, 0.3) is 23.6 Å². The number of benzene rings is 2. The minimum absolute atomic E-state index is 0.186. The Balaban J connectivity index is 0.000000191. The number of allylic oxidation sites excluding steroid dienone is 2. The van der Waals surface area contributed by atoms with Gasteiger partial charge in [0.05, 0.1) is 22.3 Å². The molecular weight excluding hydrogens is 428 g/mol. The number of imide groups is 2. The molecule has 0 spiro atoms. The van der Waals surface area contributed by atoms with Gasteiger partial charge >= 0.3 is 0 Å². The highest BCUT2D eigenvalue weighted by Gasteiger charge is 2.35. The van der Waals surface area contributed by atoms with Crippen molar-refractivity contribution in [2.24, 2.45) is 0 Å². The maximum absolute atomic E-state index is 12.0. The molecule has 0 saturated carbocycles. The van der Waals surface area contributed by atoms with Crippen LogP contribution >= 0.6 is 0 Å². The zero-order valence-electron chi connectivity index (χ0n) is 20.1. The third kappa shape index (κ3) is 5.06. The number of nitrogens with zero attached hydrogens (tertiary/aromatic N) is 2. The van der Waals surface area contributed by atoms with Crippen LogP contribution in [0.15, 0.2) is 71.8 Å². The first-order valence-corrected chi connectivity index (χ1v) is 11.5. The Morgan fingerprint density at radius 2 is 1.06 bits per heavy atom. The minimum atomic E-state index is -0.189. The minimum Gasteiger partial charge on any atom is -0.270 e. The number of amides is 4. The van der Waals surface area contributed by atoms with E-state index in [9.17, 15) is 19.2 Å². The van der Waals surface area contributed by atoms with Gasteiger partial charge in [0.15, 0.2) is 0 Å². The van der Waals surface area contributed by atoms with E-state index in [-0.39, 0.29) is 23.6 Å². The Kier molecular flexibility index (Phi) is 7.95. The lowest BCUT2D eigenvalue weighted by Gasteiger charge is -2.13. The van der Waals surface area contributed by atoms with E-state index in [4.69, 9.17) is 0 Å². The van der Waals surface area contributed by atoms with E-state index in [0.29, 0.717) is 35.3 Å². The molecule has 6 heteroatoms. The molecule has 2 aromatic rings. The van der Waals surface area contributed by atoms with Crippen LogP contribution in [0.1, 0.15) is 82.0 Å². The third-order valence-electron chi connectivity index (χ3n) is 5.90. The van der Waals surface area contributed by atoms with Gasteiger partial charge in [0, 0.05) is 13.1 Å². The Morgan fingerprint density at radius 3 is 1.44 bits per heavy atom. The van der Waals surface area contributed by atoms with Gasteiger partial charge in [-0.25, -0.2) is 0 Å². The molecule has 0 radical (unpaired) electrons. The van der Waals surface area contributed by atoms with Crippen molar-refractivity contribution in [1.82, 2.24) is 9.80 Å². The van der Waals surface area contributed by atoms with Gasteiger partial charge in [0.1, 0.15) is 0 Å². The van der Waals surface area contributed by atoms with Gasteiger partial charge in [-0.1, -0.05) is 61.4 Å². The molecular formula is C28H30N2O4. The second kappa shape index (κ2) is 10.9. The van der Waals surface area contributed by atoms with Gasteiger partial charge in [-0.3, -0.25) is 29.0 Å². The predicted molar refractivity (Wildman–Crippen MR) is 132 cm³/mol. The van der Waals surface area contributed by atoms with Crippen LogP contribution < -0.4 is 0 Å². The zero-order valence-corrected chi connectivity index (χ0v) is 20.1. The average Bonchev–Trinajstić information content (AvgIpc) is 3.23. The molecule has 0 saturated heterocycles. The third-order valence-corrected chi connectivity index (χ3v) is 5.90. The molecule has 176 valence electrons. The first kappa shape index (κ1) is 24.8. The molecule has 2 aliphatic rings. The smallest absolute Gasteiger partial charge is 0.261 e. The Morgan fingerprint density at radius 1 is 0.647 bits per heavy atom. The van der Waals surface area contributed by atoms with Crippen LogP contribution in [-0.4, -0.2) is 46.5 Å². The summed E-state index contributed by atoms with van der Waals surface area (Å²) >= 11 is 0. The number of carbonyl (C=O) groups excluding carboxylic acids is 4. The van der Waals surface area contributed by atoms with Crippen LogP contribution in [0.2, 0.25) is 0 Å². The van der Waals surface area contributed by atoms with Crippen molar-refractivity contribution >= 4 is 23.6 Å². The fraction of sp³-hybridized carbons (Fsp3) is 0.286. The van der Waals surface area contributed by atoms with E-state index in [2.05, 4.69) is 0 Å². The Labute approximate surface area is 200 Å². The van der Waals surface area contributed by atoms with Crippen molar-refractivity contribution in [2.75, 3.05) is 13.1 Å². The van der Waals surface area contributed by atoms with Crippen LogP contribution in [0, 0.1) is 0 Å². The summed E-state index contributed by atoms with van der Waals surface area (Å²) in [5.74, 6) is -0.750. The summed E-state index contributed by atoms with van der Waals surface area (Å²) in [6.07, 6.45) is 5.81. The predicted octanol–water partition coefficient (Wildman–Crippen LogP) is 5.28. The van der Waals surface area contributed by atoms with Crippen LogP contribution in [0.4, 0.5) is 0 Å². The van der Waals surface area contributed by atoms with Crippen molar-refractivity contribution in [1.29, 1.82) is 0 Å². The van der Waals surface area contributed by atoms with Gasteiger partial charge in [-0.15, -0.1) is 0 Å². The van der Waals surface area contributed by atoms with E-state index in [1.54, 1.807) is 48.5 Å². The topological polar surface area (TPSA) is 74.8 Å². The Hall–Kier alpha value is -3.80. The first-order chi connectivity index (χ1) is 16.3. The first-order valence-electron chi connectivity index (χ1n) is 11.5. The molecule has 34 heavy (non-hydrogen) atoms. The SMILES string of the molecule is CC/C(C)=C\CN1C(=O)c2ccccc2C1=O.CC/C=C(/C)CN1C(=O)c2ccccc2C1=O. The van der Waals surface area contributed by atoms with Gasteiger partial charge in [-0.05, 0) is 51.0 Å². The lowest BCUT2D eigenvalue weighted by molar-refractivity contribution is 0.0654. The molecule has 4 amide bonds. The fourth-order valence-electron chi connectivity index (χ4n) is 3.84. The van der Waals surface area contributed by atoms with Crippen LogP contribution in [-0.2, 0) is 0 Å². The number of rotatable bonds is 6. The van der Waals surface area contributed by atoms with Crippen molar-refractivity contribution in [3.63, 3.8) is 0 Å². The summed E-state index contributed by atoms with van der Waals surface area (Å²) in [5, 5.41) is 0. The molecule has 4 rings (SSSR count). The van der Waals surface area contributed by atoms with Crippen LogP contribution in [0.3, 0.4) is 0 Å². The summed E-state index contributed by atoms with van der Waals surface area (Å²) < 4.78 is 0. The van der Waals surface area contributed by atoms with Gasteiger partial charge < -0.3 is 0 Å². The monoisotopic (exact) mass is 458 g/mol. The molecule has 0 aromatic heterocycles. The van der Waals surface area contributed by atoms with E-state index in [1.165, 1.54) is 15.4 Å². The van der Waals surface area contributed by atoms with E-state index in [1.807, 2.05) is 39.8 Å². The maximum Gasteiger partial charge on any atom is 0.261 e. The molecule has 0 N–H and O–H groups in total. The largest absolute Gasteiger partial charge is 0.270 e. The highest BCUT2D eigenvalue weighted by molar-refractivity contribution is 6.22. The molecule has 2 heterocycles. The fourth-order valence-corrected chi connectivity index (χ4v) is 3.84.